The monoisotopic (exact) mass is 230 g/mol. The topological polar surface area (TPSA) is 33.4 Å². The summed E-state index contributed by atoms with van der Waals surface area (Å²) in [6.07, 6.45) is 3.58. The van der Waals surface area contributed by atoms with E-state index in [1.54, 1.807) is 6.26 Å². The van der Waals surface area contributed by atoms with Crippen LogP contribution in [0.25, 0.3) is 0 Å². The third-order valence-electron chi connectivity index (χ3n) is 2.90. The summed E-state index contributed by atoms with van der Waals surface area (Å²) >= 11 is 0. The first kappa shape index (κ1) is 11.9. The van der Waals surface area contributed by atoms with Crippen LogP contribution in [0.2, 0.25) is 0 Å². The van der Waals surface area contributed by atoms with Gasteiger partial charge in [0.1, 0.15) is 5.76 Å². The second kappa shape index (κ2) is 5.69. The van der Waals surface area contributed by atoms with Crippen LogP contribution in [0.1, 0.15) is 23.3 Å². The molecule has 1 N–H and O–H groups in total. The van der Waals surface area contributed by atoms with Crippen LogP contribution in [0.15, 0.2) is 47.1 Å². The molecule has 0 radical (unpaired) electrons. The summed E-state index contributed by atoms with van der Waals surface area (Å²) < 4.78 is 5.21. The zero-order valence-corrected chi connectivity index (χ0v) is 10.1. The molecular weight excluding hydrogens is 212 g/mol. The minimum atomic E-state index is -0.331. The highest BCUT2D eigenvalue weighted by molar-refractivity contribution is 5.21. The van der Waals surface area contributed by atoms with Crippen molar-refractivity contribution in [2.24, 2.45) is 0 Å². The lowest BCUT2D eigenvalue weighted by atomic mass is 10.0. The highest BCUT2D eigenvalue weighted by atomic mass is 16.3. The first-order valence-electron chi connectivity index (χ1n) is 6.00. The molecule has 0 aliphatic carbocycles. The molecule has 1 aromatic heterocycles. The Bertz CT molecular complexity index is 428. The van der Waals surface area contributed by atoms with Crippen molar-refractivity contribution in [3.8, 4) is 0 Å². The van der Waals surface area contributed by atoms with Gasteiger partial charge in [-0.15, -0.1) is 0 Å². The van der Waals surface area contributed by atoms with Gasteiger partial charge in [0.25, 0.3) is 0 Å². The number of rotatable bonds is 5. The molecule has 2 nitrogen and oxygen atoms in total. The molecule has 0 saturated heterocycles. The maximum atomic E-state index is 9.88. The van der Waals surface area contributed by atoms with Crippen LogP contribution in [0.4, 0.5) is 0 Å². The van der Waals surface area contributed by atoms with Crippen molar-refractivity contribution in [3.05, 3.63) is 59.5 Å². The maximum Gasteiger partial charge on any atom is 0.106 e. The standard InChI is InChI=1S/C15H18O2/c1-12-4-6-13(7-5-12)8-9-14(16)11-15-3-2-10-17-15/h2-7,10,14,16H,8-9,11H2,1H3. The van der Waals surface area contributed by atoms with Crippen molar-refractivity contribution in [3.63, 3.8) is 0 Å². The normalized spacial score (nSPS) is 12.6. The summed E-state index contributed by atoms with van der Waals surface area (Å²) in [6.45, 7) is 2.08. The summed E-state index contributed by atoms with van der Waals surface area (Å²) in [5, 5.41) is 9.88. The zero-order chi connectivity index (χ0) is 12.1. The molecule has 1 heterocycles. The van der Waals surface area contributed by atoms with E-state index in [1.165, 1.54) is 11.1 Å². The van der Waals surface area contributed by atoms with E-state index in [2.05, 4.69) is 31.2 Å². The molecule has 0 bridgehead atoms. The van der Waals surface area contributed by atoms with E-state index in [9.17, 15) is 5.11 Å². The number of furan rings is 1. The van der Waals surface area contributed by atoms with Crippen molar-refractivity contribution >= 4 is 0 Å². The van der Waals surface area contributed by atoms with Gasteiger partial charge < -0.3 is 9.52 Å². The summed E-state index contributed by atoms with van der Waals surface area (Å²) in [4.78, 5) is 0. The van der Waals surface area contributed by atoms with Gasteiger partial charge in [-0.3, -0.25) is 0 Å². The molecule has 0 saturated carbocycles. The van der Waals surface area contributed by atoms with E-state index >= 15 is 0 Å². The second-order valence-electron chi connectivity index (χ2n) is 4.46. The third kappa shape index (κ3) is 3.75. The lowest BCUT2D eigenvalue weighted by Gasteiger charge is -2.08. The Morgan fingerprint density at radius 2 is 1.94 bits per heavy atom. The molecule has 2 aromatic rings. The van der Waals surface area contributed by atoms with Gasteiger partial charge in [0.2, 0.25) is 0 Å². The highest BCUT2D eigenvalue weighted by Crippen LogP contribution is 2.11. The van der Waals surface area contributed by atoms with Gasteiger partial charge in [0, 0.05) is 6.42 Å². The Morgan fingerprint density at radius 1 is 1.18 bits per heavy atom. The van der Waals surface area contributed by atoms with Gasteiger partial charge in [-0.2, -0.15) is 0 Å². The van der Waals surface area contributed by atoms with Crippen molar-refractivity contribution < 1.29 is 9.52 Å². The van der Waals surface area contributed by atoms with Gasteiger partial charge in [0.15, 0.2) is 0 Å². The molecule has 0 fully saturated rings. The minimum Gasteiger partial charge on any atom is -0.469 e. The van der Waals surface area contributed by atoms with E-state index in [0.717, 1.165) is 18.6 Å². The van der Waals surface area contributed by atoms with Crippen LogP contribution in [-0.2, 0) is 12.8 Å². The molecule has 2 heteroatoms. The van der Waals surface area contributed by atoms with Crippen LogP contribution < -0.4 is 0 Å². The summed E-state index contributed by atoms with van der Waals surface area (Å²) in [6, 6.07) is 12.2. The van der Waals surface area contributed by atoms with Crippen molar-refractivity contribution in [2.75, 3.05) is 0 Å². The third-order valence-corrected chi connectivity index (χ3v) is 2.90. The Kier molecular flexibility index (Phi) is 3.99. The summed E-state index contributed by atoms with van der Waals surface area (Å²) in [7, 11) is 0. The molecule has 1 aromatic carbocycles. The zero-order valence-electron chi connectivity index (χ0n) is 10.1. The number of hydrogen-bond donors (Lipinski definition) is 1. The lowest BCUT2D eigenvalue weighted by molar-refractivity contribution is 0.158. The molecule has 2 rings (SSSR count). The summed E-state index contributed by atoms with van der Waals surface area (Å²) in [5.74, 6) is 0.849. The van der Waals surface area contributed by atoms with E-state index in [1.807, 2.05) is 12.1 Å². The van der Waals surface area contributed by atoms with Crippen LogP contribution in [0.3, 0.4) is 0 Å². The minimum absolute atomic E-state index is 0.331. The smallest absolute Gasteiger partial charge is 0.106 e. The maximum absolute atomic E-state index is 9.88. The number of aliphatic hydroxyl groups excluding tert-OH is 1. The van der Waals surface area contributed by atoms with Crippen LogP contribution in [0.5, 0.6) is 0 Å². The molecular formula is C15H18O2. The molecule has 90 valence electrons. The van der Waals surface area contributed by atoms with Gasteiger partial charge in [-0.1, -0.05) is 29.8 Å². The van der Waals surface area contributed by atoms with Crippen LogP contribution in [0, 0.1) is 6.92 Å². The predicted molar refractivity (Wildman–Crippen MR) is 67.9 cm³/mol. The van der Waals surface area contributed by atoms with Crippen LogP contribution >= 0.6 is 0 Å². The summed E-state index contributed by atoms with van der Waals surface area (Å²) in [5.41, 5.74) is 2.54. The Hall–Kier alpha value is -1.54. The molecule has 0 aliphatic heterocycles. The highest BCUT2D eigenvalue weighted by Gasteiger charge is 2.07. The van der Waals surface area contributed by atoms with Crippen molar-refractivity contribution in [2.45, 2.75) is 32.3 Å². The quantitative estimate of drug-likeness (QED) is 0.856. The number of benzene rings is 1. The largest absolute Gasteiger partial charge is 0.469 e. The molecule has 0 amide bonds. The molecule has 1 atom stereocenters. The van der Waals surface area contributed by atoms with Crippen LogP contribution in [-0.4, -0.2) is 11.2 Å². The van der Waals surface area contributed by atoms with E-state index in [-0.39, 0.29) is 6.10 Å². The molecule has 1 unspecified atom stereocenters. The lowest BCUT2D eigenvalue weighted by Crippen LogP contribution is -2.11. The van der Waals surface area contributed by atoms with Crippen molar-refractivity contribution in [1.82, 2.24) is 0 Å². The first-order valence-corrected chi connectivity index (χ1v) is 6.00. The van der Waals surface area contributed by atoms with Gasteiger partial charge in [-0.05, 0) is 37.5 Å². The van der Waals surface area contributed by atoms with Gasteiger partial charge >= 0.3 is 0 Å². The van der Waals surface area contributed by atoms with Crippen molar-refractivity contribution in [1.29, 1.82) is 0 Å². The predicted octanol–water partition coefficient (Wildman–Crippen LogP) is 3.12. The van der Waals surface area contributed by atoms with E-state index in [0.29, 0.717) is 6.42 Å². The fraction of sp³-hybridized carbons (Fsp3) is 0.333. The SMILES string of the molecule is Cc1ccc(CCC(O)Cc2ccco2)cc1. The average molecular weight is 230 g/mol. The fourth-order valence-electron chi connectivity index (χ4n) is 1.85. The van der Waals surface area contributed by atoms with E-state index < -0.39 is 0 Å². The Balaban J connectivity index is 1.79. The van der Waals surface area contributed by atoms with Gasteiger partial charge in [-0.25, -0.2) is 0 Å². The number of aryl methyl sites for hydroxylation is 2. The number of hydrogen-bond acceptors (Lipinski definition) is 2. The average Bonchev–Trinajstić information content (AvgIpc) is 2.81. The number of aliphatic hydroxyl groups is 1. The van der Waals surface area contributed by atoms with Gasteiger partial charge in [0.05, 0.1) is 12.4 Å². The molecule has 0 aliphatic rings. The molecule has 17 heavy (non-hydrogen) atoms. The Labute approximate surface area is 102 Å². The fourth-order valence-corrected chi connectivity index (χ4v) is 1.85. The van der Waals surface area contributed by atoms with E-state index in [4.69, 9.17) is 4.42 Å². The second-order valence-corrected chi connectivity index (χ2v) is 4.46. The molecule has 0 spiro atoms. The Morgan fingerprint density at radius 3 is 2.59 bits per heavy atom. The first-order chi connectivity index (χ1) is 8.24.